The fourth-order valence-electron chi connectivity index (χ4n) is 4.40. The van der Waals surface area contributed by atoms with Gasteiger partial charge in [0, 0.05) is 13.1 Å². The second-order valence-electron chi connectivity index (χ2n) is 8.51. The standard InChI is InChI=1S/C28H33NO/c1-22-15-17-24(18-16-22)19-21-29-20-9-8-14-27(29)30-28(25-11-4-3-5-12-25)26-13-7-6-10-23(26)2/h3-7,10-13,15-18,27-28H,8-9,14,19-21H2,1-2H3/t27-,28-/m1/s1. The first-order valence-corrected chi connectivity index (χ1v) is 11.3. The van der Waals surface area contributed by atoms with Crippen molar-refractivity contribution in [1.29, 1.82) is 0 Å². The SMILES string of the molecule is Cc1ccc(CCN2CCCC[C@H]2O[C@H](c2ccccc2)c2ccccc2C)cc1. The van der Waals surface area contributed by atoms with Gasteiger partial charge in [-0.25, -0.2) is 0 Å². The molecule has 1 saturated heterocycles. The van der Waals surface area contributed by atoms with E-state index in [1.165, 1.54) is 40.7 Å². The molecule has 2 heteroatoms. The maximum absolute atomic E-state index is 6.89. The minimum absolute atomic E-state index is 0.0302. The third kappa shape index (κ3) is 5.19. The van der Waals surface area contributed by atoms with E-state index in [0.29, 0.717) is 0 Å². The van der Waals surface area contributed by atoms with Crippen LogP contribution in [0.25, 0.3) is 0 Å². The summed E-state index contributed by atoms with van der Waals surface area (Å²) in [6.45, 7) is 6.49. The van der Waals surface area contributed by atoms with Gasteiger partial charge in [-0.2, -0.15) is 0 Å². The van der Waals surface area contributed by atoms with E-state index in [-0.39, 0.29) is 12.3 Å². The lowest BCUT2D eigenvalue weighted by Crippen LogP contribution is -2.43. The lowest BCUT2D eigenvalue weighted by molar-refractivity contribution is -0.105. The molecule has 0 unspecified atom stereocenters. The third-order valence-electron chi connectivity index (χ3n) is 6.23. The molecule has 1 aliphatic heterocycles. The van der Waals surface area contributed by atoms with Crippen molar-refractivity contribution in [2.24, 2.45) is 0 Å². The zero-order valence-electron chi connectivity index (χ0n) is 18.3. The van der Waals surface area contributed by atoms with Crippen molar-refractivity contribution < 1.29 is 4.74 Å². The van der Waals surface area contributed by atoms with Gasteiger partial charge < -0.3 is 4.74 Å². The molecule has 1 heterocycles. The maximum atomic E-state index is 6.89. The van der Waals surface area contributed by atoms with Gasteiger partial charge >= 0.3 is 0 Å². The van der Waals surface area contributed by atoms with E-state index >= 15 is 0 Å². The van der Waals surface area contributed by atoms with Gasteiger partial charge in [0.05, 0.1) is 0 Å². The average Bonchev–Trinajstić information content (AvgIpc) is 2.79. The molecule has 0 N–H and O–H groups in total. The first-order chi connectivity index (χ1) is 14.7. The molecule has 1 fully saturated rings. The Balaban J connectivity index is 1.52. The highest BCUT2D eigenvalue weighted by Gasteiger charge is 2.28. The monoisotopic (exact) mass is 399 g/mol. The van der Waals surface area contributed by atoms with Gasteiger partial charge in [0.2, 0.25) is 0 Å². The highest BCUT2D eigenvalue weighted by Crippen LogP contribution is 2.32. The molecule has 0 radical (unpaired) electrons. The Morgan fingerprint density at radius 3 is 2.37 bits per heavy atom. The number of benzene rings is 3. The number of piperidine rings is 1. The van der Waals surface area contributed by atoms with Crippen LogP contribution in [0.2, 0.25) is 0 Å². The number of rotatable bonds is 7. The van der Waals surface area contributed by atoms with Gasteiger partial charge in [-0.05, 0) is 61.8 Å². The molecule has 0 aromatic heterocycles. The zero-order chi connectivity index (χ0) is 20.8. The molecule has 0 aliphatic carbocycles. The van der Waals surface area contributed by atoms with Crippen molar-refractivity contribution >= 4 is 0 Å². The quantitative estimate of drug-likeness (QED) is 0.452. The number of ether oxygens (including phenoxy) is 1. The minimum atomic E-state index is -0.0302. The van der Waals surface area contributed by atoms with Crippen LogP contribution >= 0.6 is 0 Å². The summed E-state index contributed by atoms with van der Waals surface area (Å²) in [4.78, 5) is 2.55. The largest absolute Gasteiger partial charge is 0.350 e. The topological polar surface area (TPSA) is 12.5 Å². The molecule has 156 valence electrons. The van der Waals surface area contributed by atoms with Crippen LogP contribution in [0.5, 0.6) is 0 Å². The highest BCUT2D eigenvalue weighted by molar-refractivity contribution is 5.35. The van der Waals surface area contributed by atoms with Crippen LogP contribution in [-0.4, -0.2) is 24.2 Å². The molecule has 2 atom stereocenters. The minimum Gasteiger partial charge on any atom is -0.350 e. The molecule has 4 rings (SSSR count). The van der Waals surface area contributed by atoms with Crippen molar-refractivity contribution in [3.8, 4) is 0 Å². The Morgan fingerprint density at radius 2 is 1.60 bits per heavy atom. The first kappa shape index (κ1) is 20.8. The molecule has 3 aromatic rings. The average molecular weight is 400 g/mol. The third-order valence-corrected chi connectivity index (χ3v) is 6.23. The van der Waals surface area contributed by atoms with Gasteiger partial charge in [-0.3, -0.25) is 4.90 Å². The van der Waals surface area contributed by atoms with Crippen molar-refractivity contribution in [3.05, 3.63) is 107 Å². The normalized spacial score (nSPS) is 18.3. The van der Waals surface area contributed by atoms with E-state index < -0.39 is 0 Å². The second kappa shape index (κ2) is 10.1. The summed E-state index contributed by atoms with van der Waals surface area (Å²) in [6.07, 6.45) is 4.80. The fraction of sp³-hybridized carbons (Fsp3) is 0.357. The van der Waals surface area contributed by atoms with Crippen LogP contribution in [-0.2, 0) is 11.2 Å². The second-order valence-corrected chi connectivity index (χ2v) is 8.51. The molecule has 30 heavy (non-hydrogen) atoms. The Labute approximate surface area is 181 Å². The van der Waals surface area contributed by atoms with E-state index in [0.717, 1.165) is 25.9 Å². The van der Waals surface area contributed by atoms with E-state index in [2.05, 4.69) is 97.6 Å². The first-order valence-electron chi connectivity index (χ1n) is 11.3. The van der Waals surface area contributed by atoms with Crippen LogP contribution in [0.3, 0.4) is 0 Å². The summed E-state index contributed by atoms with van der Waals surface area (Å²) in [5, 5.41) is 0. The number of nitrogens with zero attached hydrogens (tertiary/aromatic N) is 1. The summed E-state index contributed by atoms with van der Waals surface area (Å²) in [5.74, 6) is 0. The van der Waals surface area contributed by atoms with Gasteiger partial charge in [0.1, 0.15) is 12.3 Å². The highest BCUT2D eigenvalue weighted by atomic mass is 16.5. The van der Waals surface area contributed by atoms with Crippen molar-refractivity contribution in [2.75, 3.05) is 13.1 Å². The molecule has 0 amide bonds. The van der Waals surface area contributed by atoms with Crippen LogP contribution in [0.1, 0.15) is 53.2 Å². The van der Waals surface area contributed by atoms with Crippen LogP contribution in [0, 0.1) is 13.8 Å². The number of hydrogen-bond acceptors (Lipinski definition) is 2. The fourth-order valence-corrected chi connectivity index (χ4v) is 4.40. The molecule has 0 saturated carbocycles. The maximum Gasteiger partial charge on any atom is 0.111 e. The summed E-state index contributed by atoms with van der Waals surface area (Å²) >= 11 is 0. The summed E-state index contributed by atoms with van der Waals surface area (Å²) < 4.78 is 6.89. The number of likely N-dealkylation sites (tertiary alicyclic amines) is 1. The van der Waals surface area contributed by atoms with Gasteiger partial charge in [-0.1, -0.05) is 84.4 Å². The van der Waals surface area contributed by atoms with Crippen LogP contribution in [0.4, 0.5) is 0 Å². The van der Waals surface area contributed by atoms with Crippen molar-refractivity contribution in [2.45, 2.75) is 51.9 Å². The van der Waals surface area contributed by atoms with Gasteiger partial charge in [-0.15, -0.1) is 0 Å². The van der Waals surface area contributed by atoms with E-state index in [9.17, 15) is 0 Å². The molecule has 0 bridgehead atoms. The van der Waals surface area contributed by atoms with E-state index in [4.69, 9.17) is 4.74 Å². The molecular weight excluding hydrogens is 366 g/mol. The Hall–Kier alpha value is -2.42. The molecule has 0 spiro atoms. The molecule has 1 aliphatic rings. The Bertz CT molecular complexity index is 919. The Morgan fingerprint density at radius 1 is 0.867 bits per heavy atom. The predicted molar refractivity (Wildman–Crippen MR) is 125 cm³/mol. The smallest absolute Gasteiger partial charge is 0.111 e. The van der Waals surface area contributed by atoms with E-state index in [1.54, 1.807) is 0 Å². The van der Waals surface area contributed by atoms with Crippen LogP contribution < -0.4 is 0 Å². The lowest BCUT2D eigenvalue weighted by Gasteiger charge is -2.38. The molecule has 3 aromatic carbocycles. The predicted octanol–water partition coefficient (Wildman–Crippen LogP) is 6.46. The Kier molecular flexibility index (Phi) is 6.99. The van der Waals surface area contributed by atoms with Crippen molar-refractivity contribution in [3.63, 3.8) is 0 Å². The molecule has 2 nitrogen and oxygen atoms in total. The van der Waals surface area contributed by atoms with Gasteiger partial charge in [0.25, 0.3) is 0 Å². The number of hydrogen-bond donors (Lipinski definition) is 0. The van der Waals surface area contributed by atoms with Crippen molar-refractivity contribution in [1.82, 2.24) is 4.90 Å². The van der Waals surface area contributed by atoms with E-state index in [1.807, 2.05) is 0 Å². The van der Waals surface area contributed by atoms with Crippen LogP contribution in [0.15, 0.2) is 78.9 Å². The summed E-state index contributed by atoms with van der Waals surface area (Å²) in [6, 6.07) is 28.3. The zero-order valence-corrected chi connectivity index (χ0v) is 18.3. The molecular formula is C28H33NO. The summed E-state index contributed by atoms with van der Waals surface area (Å²) in [7, 11) is 0. The van der Waals surface area contributed by atoms with Gasteiger partial charge in [0.15, 0.2) is 0 Å². The lowest BCUT2D eigenvalue weighted by atomic mass is 9.97. The number of aryl methyl sites for hydroxylation is 2. The summed E-state index contributed by atoms with van der Waals surface area (Å²) in [5.41, 5.74) is 6.52.